The maximum Gasteiger partial charge on any atom is 0.417 e. The Morgan fingerprint density at radius 1 is 1.25 bits per heavy atom. The Kier molecular flexibility index (Phi) is 3.84. The zero-order valence-electron chi connectivity index (χ0n) is 12.4. The van der Waals surface area contributed by atoms with Crippen molar-refractivity contribution in [2.45, 2.75) is 45.8 Å². The van der Waals surface area contributed by atoms with E-state index in [0.29, 0.717) is 6.42 Å². The summed E-state index contributed by atoms with van der Waals surface area (Å²) in [5, 5.41) is 0. The van der Waals surface area contributed by atoms with Crippen LogP contribution in [0.1, 0.15) is 45.7 Å². The molecular formula is C16H21NO3. The van der Waals surface area contributed by atoms with Crippen LogP contribution in [-0.2, 0) is 9.53 Å². The lowest BCUT2D eigenvalue weighted by Crippen LogP contribution is -2.39. The normalized spacial score (nSPS) is 23.0. The molecule has 1 aromatic carbocycles. The van der Waals surface area contributed by atoms with Crippen LogP contribution in [0.3, 0.4) is 0 Å². The van der Waals surface area contributed by atoms with Crippen LogP contribution in [0.2, 0.25) is 0 Å². The van der Waals surface area contributed by atoms with Gasteiger partial charge in [0.1, 0.15) is 5.60 Å². The number of nitrogens with zero attached hydrogens (tertiary/aromatic N) is 1. The minimum absolute atomic E-state index is 0.159. The molecule has 1 aromatic rings. The van der Waals surface area contributed by atoms with E-state index in [1.807, 2.05) is 37.3 Å². The summed E-state index contributed by atoms with van der Waals surface area (Å²) in [5.41, 5.74) is 0.362. The van der Waals surface area contributed by atoms with Crippen molar-refractivity contribution in [2.75, 3.05) is 0 Å². The van der Waals surface area contributed by atoms with Crippen LogP contribution in [0.15, 0.2) is 30.3 Å². The molecule has 0 spiro atoms. The molecule has 4 nitrogen and oxygen atoms in total. The minimum atomic E-state index is -0.607. The molecule has 0 radical (unpaired) electrons. The summed E-state index contributed by atoms with van der Waals surface area (Å²) in [5.74, 6) is -0.319. The number of amides is 2. The Labute approximate surface area is 119 Å². The van der Waals surface area contributed by atoms with Crippen LogP contribution in [-0.4, -0.2) is 22.5 Å². The fourth-order valence-corrected chi connectivity index (χ4v) is 2.42. The van der Waals surface area contributed by atoms with Crippen molar-refractivity contribution in [3.8, 4) is 0 Å². The molecule has 0 aliphatic carbocycles. The van der Waals surface area contributed by atoms with Gasteiger partial charge in [-0.3, -0.25) is 4.79 Å². The number of carbonyl (C=O) groups excluding carboxylic acids is 2. The molecule has 0 bridgehead atoms. The highest BCUT2D eigenvalue weighted by Crippen LogP contribution is 2.37. The first kappa shape index (κ1) is 14.6. The molecule has 1 aliphatic rings. The van der Waals surface area contributed by atoms with E-state index in [0.717, 1.165) is 5.56 Å². The van der Waals surface area contributed by atoms with Gasteiger partial charge in [-0.25, -0.2) is 9.69 Å². The van der Waals surface area contributed by atoms with E-state index in [1.54, 1.807) is 20.8 Å². The molecule has 0 N–H and O–H groups in total. The smallest absolute Gasteiger partial charge is 0.417 e. The predicted molar refractivity (Wildman–Crippen MR) is 76.0 cm³/mol. The molecule has 1 fully saturated rings. The van der Waals surface area contributed by atoms with Crippen LogP contribution in [0.25, 0.3) is 0 Å². The Morgan fingerprint density at radius 2 is 1.85 bits per heavy atom. The van der Waals surface area contributed by atoms with Crippen molar-refractivity contribution in [1.29, 1.82) is 0 Å². The zero-order valence-corrected chi connectivity index (χ0v) is 12.4. The third-order valence-electron chi connectivity index (χ3n) is 3.32. The van der Waals surface area contributed by atoms with E-state index < -0.39 is 11.7 Å². The monoisotopic (exact) mass is 275 g/mol. The number of rotatable bonds is 1. The summed E-state index contributed by atoms with van der Waals surface area (Å²) in [6.45, 7) is 7.24. The summed E-state index contributed by atoms with van der Waals surface area (Å²) < 4.78 is 5.36. The second kappa shape index (κ2) is 5.27. The van der Waals surface area contributed by atoms with Gasteiger partial charge in [-0.05, 0) is 32.8 Å². The maximum atomic E-state index is 12.3. The average Bonchev–Trinajstić information content (AvgIpc) is 2.65. The summed E-state index contributed by atoms with van der Waals surface area (Å²) in [4.78, 5) is 25.8. The van der Waals surface area contributed by atoms with Gasteiger partial charge in [0, 0.05) is 5.92 Å². The van der Waals surface area contributed by atoms with Crippen LogP contribution in [0, 0.1) is 5.92 Å². The molecule has 2 rings (SSSR count). The van der Waals surface area contributed by atoms with Gasteiger partial charge in [0.05, 0.1) is 6.04 Å². The number of hydrogen-bond acceptors (Lipinski definition) is 3. The van der Waals surface area contributed by atoms with Gasteiger partial charge in [-0.1, -0.05) is 37.3 Å². The number of carbonyl (C=O) groups is 2. The number of imide groups is 1. The minimum Gasteiger partial charge on any atom is -0.443 e. The van der Waals surface area contributed by atoms with Crippen LogP contribution in [0.5, 0.6) is 0 Å². The fourth-order valence-electron chi connectivity index (χ4n) is 2.42. The standard InChI is InChI=1S/C16H21NO3/c1-11-10-13(12-8-6-5-7-9-12)17(14(11)18)15(19)20-16(2,3)4/h5-9,11,13H,10H2,1-4H3/t11-,13-/m0/s1. The Morgan fingerprint density at radius 3 is 2.40 bits per heavy atom. The highest BCUT2D eigenvalue weighted by Gasteiger charge is 2.43. The summed E-state index contributed by atoms with van der Waals surface area (Å²) in [6, 6.07) is 9.39. The molecule has 0 unspecified atom stereocenters. The molecule has 20 heavy (non-hydrogen) atoms. The number of hydrogen-bond donors (Lipinski definition) is 0. The molecule has 0 aromatic heterocycles. The van der Waals surface area contributed by atoms with E-state index >= 15 is 0 Å². The van der Waals surface area contributed by atoms with Gasteiger partial charge in [0.15, 0.2) is 0 Å². The Hall–Kier alpha value is -1.84. The van der Waals surface area contributed by atoms with Gasteiger partial charge < -0.3 is 4.74 Å². The predicted octanol–water partition coefficient (Wildman–Crippen LogP) is 3.53. The first-order valence-corrected chi connectivity index (χ1v) is 6.90. The average molecular weight is 275 g/mol. The van der Waals surface area contributed by atoms with Gasteiger partial charge in [-0.15, -0.1) is 0 Å². The van der Waals surface area contributed by atoms with Crippen LogP contribution in [0.4, 0.5) is 4.79 Å². The van der Waals surface area contributed by atoms with Crippen molar-refractivity contribution in [2.24, 2.45) is 5.92 Å². The molecule has 4 heteroatoms. The molecule has 1 heterocycles. The third kappa shape index (κ3) is 3.00. The lowest BCUT2D eigenvalue weighted by atomic mass is 10.0. The van der Waals surface area contributed by atoms with Crippen LogP contribution < -0.4 is 0 Å². The van der Waals surface area contributed by atoms with Gasteiger partial charge >= 0.3 is 6.09 Å². The van der Waals surface area contributed by atoms with Gasteiger partial charge in [-0.2, -0.15) is 0 Å². The fraction of sp³-hybridized carbons (Fsp3) is 0.500. The van der Waals surface area contributed by atoms with Crippen molar-refractivity contribution < 1.29 is 14.3 Å². The van der Waals surface area contributed by atoms with E-state index in [9.17, 15) is 9.59 Å². The van der Waals surface area contributed by atoms with Crippen molar-refractivity contribution in [3.05, 3.63) is 35.9 Å². The van der Waals surface area contributed by atoms with Gasteiger partial charge in [0.25, 0.3) is 0 Å². The maximum absolute atomic E-state index is 12.3. The highest BCUT2D eigenvalue weighted by atomic mass is 16.6. The van der Waals surface area contributed by atoms with E-state index in [4.69, 9.17) is 4.74 Å². The van der Waals surface area contributed by atoms with Crippen molar-refractivity contribution >= 4 is 12.0 Å². The SMILES string of the molecule is C[C@H]1C[C@@H](c2ccccc2)N(C(=O)OC(C)(C)C)C1=O. The van der Waals surface area contributed by atoms with Crippen LogP contribution >= 0.6 is 0 Å². The first-order valence-electron chi connectivity index (χ1n) is 6.90. The second-order valence-electron chi connectivity index (χ2n) is 6.25. The molecule has 2 atom stereocenters. The number of benzene rings is 1. The van der Waals surface area contributed by atoms with Crippen molar-refractivity contribution in [3.63, 3.8) is 0 Å². The topological polar surface area (TPSA) is 46.6 Å². The number of likely N-dealkylation sites (tertiary alicyclic amines) is 1. The Balaban J connectivity index is 2.27. The number of ether oxygens (including phenoxy) is 1. The first-order chi connectivity index (χ1) is 9.29. The second-order valence-corrected chi connectivity index (χ2v) is 6.25. The van der Waals surface area contributed by atoms with Crippen molar-refractivity contribution in [1.82, 2.24) is 4.90 Å². The quantitative estimate of drug-likeness (QED) is 0.787. The van der Waals surface area contributed by atoms with E-state index in [-0.39, 0.29) is 17.9 Å². The zero-order chi connectivity index (χ0) is 14.9. The molecular weight excluding hydrogens is 254 g/mol. The lowest BCUT2D eigenvalue weighted by Gasteiger charge is -2.27. The van der Waals surface area contributed by atoms with E-state index in [2.05, 4.69) is 0 Å². The molecule has 2 amide bonds. The summed E-state index contributed by atoms with van der Waals surface area (Å²) in [6.07, 6.45) is 0.0861. The lowest BCUT2D eigenvalue weighted by molar-refractivity contribution is -0.130. The molecule has 1 saturated heterocycles. The largest absolute Gasteiger partial charge is 0.443 e. The Bertz CT molecular complexity index is 504. The van der Waals surface area contributed by atoms with E-state index in [1.165, 1.54) is 4.90 Å². The molecule has 1 aliphatic heterocycles. The molecule has 0 saturated carbocycles. The third-order valence-corrected chi connectivity index (χ3v) is 3.32. The molecule has 108 valence electrons. The summed E-state index contributed by atoms with van der Waals surface area (Å²) in [7, 11) is 0. The summed E-state index contributed by atoms with van der Waals surface area (Å²) >= 11 is 0. The highest BCUT2D eigenvalue weighted by molar-refractivity contribution is 5.95. The van der Waals surface area contributed by atoms with Gasteiger partial charge in [0.2, 0.25) is 5.91 Å².